The molecule has 0 saturated heterocycles. The molecule has 0 bridgehead atoms. The van der Waals surface area contributed by atoms with Crippen molar-refractivity contribution < 1.29 is 14.6 Å². The SMILES string of the molecule is CC(NC(=O)/C(C#N)=C\NCCOCCO)c1ccccc1. The number of ether oxygens (including phenoxy) is 1. The lowest BCUT2D eigenvalue weighted by molar-refractivity contribution is -0.117. The van der Waals surface area contributed by atoms with Crippen LogP contribution in [-0.2, 0) is 9.53 Å². The van der Waals surface area contributed by atoms with Crippen LogP contribution in [0.5, 0.6) is 0 Å². The maximum absolute atomic E-state index is 12.0. The van der Waals surface area contributed by atoms with Gasteiger partial charge in [-0.3, -0.25) is 4.79 Å². The van der Waals surface area contributed by atoms with Crippen LogP contribution in [0.4, 0.5) is 0 Å². The first-order chi connectivity index (χ1) is 10.7. The molecule has 0 aliphatic heterocycles. The summed E-state index contributed by atoms with van der Waals surface area (Å²) in [6, 6.07) is 11.2. The lowest BCUT2D eigenvalue weighted by Crippen LogP contribution is -2.28. The molecule has 0 saturated carbocycles. The van der Waals surface area contributed by atoms with Gasteiger partial charge in [0.15, 0.2) is 0 Å². The summed E-state index contributed by atoms with van der Waals surface area (Å²) in [6.07, 6.45) is 1.37. The molecule has 0 aliphatic rings. The highest BCUT2D eigenvalue weighted by Gasteiger charge is 2.13. The molecule has 0 aliphatic carbocycles. The van der Waals surface area contributed by atoms with E-state index in [-0.39, 0.29) is 24.8 Å². The number of benzene rings is 1. The first-order valence-electron chi connectivity index (χ1n) is 7.07. The first-order valence-corrected chi connectivity index (χ1v) is 7.07. The topological polar surface area (TPSA) is 94.4 Å². The average molecular weight is 303 g/mol. The van der Waals surface area contributed by atoms with Crippen LogP contribution in [0.1, 0.15) is 18.5 Å². The van der Waals surface area contributed by atoms with Gasteiger partial charge in [0.05, 0.1) is 25.9 Å². The summed E-state index contributed by atoms with van der Waals surface area (Å²) in [4.78, 5) is 12.0. The molecule has 1 amide bonds. The standard InChI is InChI=1S/C16H21N3O3/c1-13(14-5-3-2-4-6-14)19-16(21)15(11-17)12-18-7-9-22-10-8-20/h2-6,12-13,18,20H,7-10H2,1H3,(H,19,21)/b15-12-. The number of carbonyl (C=O) groups is 1. The van der Waals surface area contributed by atoms with E-state index in [0.29, 0.717) is 13.2 Å². The Labute approximate surface area is 130 Å². The lowest BCUT2D eigenvalue weighted by atomic mass is 10.1. The van der Waals surface area contributed by atoms with Crippen LogP contribution < -0.4 is 10.6 Å². The molecule has 0 aromatic heterocycles. The van der Waals surface area contributed by atoms with E-state index in [2.05, 4.69) is 10.6 Å². The number of rotatable bonds is 9. The monoisotopic (exact) mass is 303 g/mol. The van der Waals surface area contributed by atoms with Crippen molar-refractivity contribution in [2.45, 2.75) is 13.0 Å². The first kappa shape index (κ1) is 17.7. The Kier molecular flexibility index (Phi) is 8.35. The van der Waals surface area contributed by atoms with Crippen molar-refractivity contribution in [2.24, 2.45) is 0 Å². The Balaban J connectivity index is 2.45. The molecule has 1 unspecified atom stereocenters. The fraction of sp³-hybridized carbons (Fsp3) is 0.375. The van der Waals surface area contributed by atoms with Crippen LogP contribution in [-0.4, -0.2) is 37.4 Å². The van der Waals surface area contributed by atoms with E-state index in [1.807, 2.05) is 43.3 Å². The summed E-state index contributed by atoms with van der Waals surface area (Å²) in [5.74, 6) is -0.428. The van der Waals surface area contributed by atoms with Crippen LogP contribution in [0, 0.1) is 11.3 Å². The number of aliphatic hydroxyl groups is 1. The van der Waals surface area contributed by atoms with Crippen LogP contribution in [0.3, 0.4) is 0 Å². The fourth-order valence-corrected chi connectivity index (χ4v) is 1.72. The van der Waals surface area contributed by atoms with Gasteiger partial charge in [-0.05, 0) is 12.5 Å². The molecule has 1 aromatic carbocycles. The quantitative estimate of drug-likeness (QED) is 0.357. The summed E-state index contributed by atoms with van der Waals surface area (Å²) < 4.78 is 5.06. The van der Waals surface area contributed by atoms with Gasteiger partial charge in [-0.1, -0.05) is 30.3 Å². The number of hydrogen-bond donors (Lipinski definition) is 3. The zero-order valence-electron chi connectivity index (χ0n) is 12.6. The summed E-state index contributed by atoms with van der Waals surface area (Å²) in [7, 11) is 0. The van der Waals surface area contributed by atoms with Gasteiger partial charge in [0.1, 0.15) is 11.6 Å². The van der Waals surface area contributed by atoms with E-state index in [9.17, 15) is 4.79 Å². The third-order valence-corrected chi connectivity index (χ3v) is 2.89. The number of nitrogens with one attached hydrogen (secondary N) is 2. The molecule has 1 aromatic rings. The molecule has 3 N–H and O–H groups in total. The lowest BCUT2D eigenvalue weighted by Gasteiger charge is -2.13. The second kappa shape index (κ2) is 10.4. The van der Waals surface area contributed by atoms with Crippen molar-refractivity contribution >= 4 is 5.91 Å². The molecule has 0 fully saturated rings. The van der Waals surface area contributed by atoms with Gasteiger partial charge in [0.2, 0.25) is 0 Å². The molecular weight excluding hydrogens is 282 g/mol. The van der Waals surface area contributed by atoms with Crippen molar-refractivity contribution in [3.05, 3.63) is 47.7 Å². The molecule has 22 heavy (non-hydrogen) atoms. The molecule has 118 valence electrons. The third kappa shape index (κ3) is 6.39. The molecule has 6 nitrogen and oxygen atoms in total. The summed E-state index contributed by atoms with van der Waals surface area (Å²) in [5, 5.41) is 23.2. The van der Waals surface area contributed by atoms with E-state index in [0.717, 1.165) is 5.56 Å². The minimum atomic E-state index is -0.428. The van der Waals surface area contributed by atoms with Crippen LogP contribution in [0.25, 0.3) is 0 Å². The number of nitriles is 1. The van der Waals surface area contributed by atoms with Gasteiger partial charge < -0.3 is 20.5 Å². The van der Waals surface area contributed by atoms with Crippen molar-refractivity contribution in [1.82, 2.24) is 10.6 Å². The maximum Gasteiger partial charge on any atom is 0.263 e. The Morgan fingerprint density at radius 2 is 2.14 bits per heavy atom. The van der Waals surface area contributed by atoms with E-state index in [1.54, 1.807) is 0 Å². The largest absolute Gasteiger partial charge is 0.394 e. The van der Waals surface area contributed by atoms with E-state index in [1.165, 1.54) is 6.20 Å². The third-order valence-electron chi connectivity index (χ3n) is 2.89. The second-order valence-electron chi connectivity index (χ2n) is 4.57. The molecule has 0 spiro atoms. The van der Waals surface area contributed by atoms with Crippen molar-refractivity contribution in [2.75, 3.05) is 26.4 Å². The minimum Gasteiger partial charge on any atom is -0.394 e. The number of nitrogens with zero attached hydrogens (tertiary/aromatic N) is 1. The number of hydrogen-bond acceptors (Lipinski definition) is 5. The van der Waals surface area contributed by atoms with Crippen molar-refractivity contribution in [3.63, 3.8) is 0 Å². The Bertz CT molecular complexity index is 523. The van der Waals surface area contributed by atoms with Crippen LogP contribution in [0.2, 0.25) is 0 Å². The van der Waals surface area contributed by atoms with E-state index in [4.69, 9.17) is 15.1 Å². The Morgan fingerprint density at radius 3 is 2.77 bits per heavy atom. The molecule has 1 rings (SSSR count). The highest BCUT2D eigenvalue weighted by atomic mass is 16.5. The van der Waals surface area contributed by atoms with Gasteiger partial charge in [0, 0.05) is 12.7 Å². The normalized spacial score (nSPS) is 12.3. The predicted octanol–water partition coefficient (Wildman–Crippen LogP) is 0.870. The zero-order chi connectivity index (χ0) is 16.2. The predicted molar refractivity (Wildman–Crippen MR) is 82.6 cm³/mol. The summed E-state index contributed by atoms with van der Waals surface area (Å²) >= 11 is 0. The van der Waals surface area contributed by atoms with Gasteiger partial charge in [-0.15, -0.1) is 0 Å². The molecular formula is C16H21N3O3. The minimum absolute atomic E-state index is 0.00457. The number of aliphatic hydroxyl groups excluding tert-OH is 1. The highest BCUT2D eigenvalue weighted by molar-refractivity contribution is 5.97. The van der Waals surface area contributed by atoms with E-state index < -0.39 is 5.91 Å². The van der Waals surface area contributed by atoms with Crippen molar-refractivity contribution in [3.8, 4) is 6.07 Å². The highest BCUT2D eigenvalue weighted by Crippen LogP contribution is 2.11. The average Bonchev–Trinajstić information content (AvgIpc) is 2.55. The summed E-state index contributed by atoms with van der Waals surface area (Å²) in [6.45, 7) is 2.94. The molecule has 1 atom stereocenters. The Hall–Kier alpha value is -2.36. The van der Waals surface area contributed by atoms with Crippen molar-refractivity contribution in [1.29, 1.82) is 5.26 Å². The van der Waals surface area contributed by atoms with Gasteiger partial charge in [0.25, 0.3) is 5.91 Å². The van der Waals surface area contributed by atoms with Gasteiger partial charge in [-0.25, -0.2) is 0 Å². The molecule has 6 heteroatoms. The smallest absolute Gasteiger partial charge is 0.263 e. The van der Waals surface area contributed by atoms with E-state index >= 15 is 0 Å². The fourth-order valence-electron chi connectivity index (χ4n) is 1.72. The maximum atomic E-state index is 12.0. The van der Waals surface area contributed by atoms with Crippen LogP contribution >= 0.6 is 0 Å². The van der Waals surface area contributed by atoms with Gasteiger partial charge in [-0.2, -0.15) is 5.26 Å². The van der Waals surface area contributed by atoms with Gasteiger partial charge >= 0.3 is 0 Å². The second-order valence-corrected chi connectivity index (χ2v) is 4.57. The molecule has 0 heterocycles. The number of amides is 1. The van der Waals surface area contributed by atoms with Crippen LogP contribution in [0.15, 0.2) is 42.1 Å². The zero-order valence-corrected chi connectivity index (χ0v) is 12.6. The summed E-state index contributed by atoms with van der Waals surface area (Å²) in [5.41, 5.74) is 0.975. The molecule has 0 radical (unpaired) electrons. The Morgan fingerprint density at radius 1 is 1.41 bits per heavy atom. The number of carbonyl (C=O) groups excluding carboxylic acids is 1.